The topological polar surface area (TPSA) is 82.2 Å². The Morgan fingerprint density at radius 1 is 1.03 bits per heavy atom. The van der Waals surface area contributed by atoms with Gasteiger partial charge in [-0.3, -0.25) is 14.5 Å². The fraction of sp³-hybridized carbons (Fsp3) is 0.200. The first-order valence-corrected chi connectivity index (χ1v) is 9.06. The molecule has 7 nitrogen and oxygen atoms in total. The van der Waals surface area contributed by atoms with Gasteiger partial charge in [0.05, 0.1) is 5.69 Å². The van der Waals surface area contributed by atoms with E-state index in [9.17, 15) is 27.2 Å². The highest BCUT2D eigenvalue weighted by molar-refractivity contribution is 6.12. The zero-order valence-electron chi connectivity index (χ0n) is 16.3. The van der Waals surface area contributed by atoms with Crippen LogP contribution in [-0.2, 0) is 6.18 Å². The van der Waals surface area contributed by atoms with Gasteiger partial charge < -0.3 is 9.88 Å². The minimum atomic E-state index is -4.81. The Balaban J connectivity index is 1.93. The van der Waals surface area contributed by atoms with Crippen molar-refractivity contribution >= 4 is 23.1 Å². The number of carbonyl (C=O) groups is 1. The third-order valence-corrected chi connectivity index (χ3v) is 4.86. The van der Waals surface area contributed by atoms with E-state index in [1.54, 1.807) is 13.8 Å². The Hall–Kier alpha value is -3.76. The predicted octanol–water partition coefficient (Wildman–Crippen LogP) is 3.70. The maximum absolute atomic E-state index is 13.6. The van der Waals surface area contributed by atoms with Crippen LogP contribution < -0.4 is 15.4 Å². The number of pyridine rings is 1. The molecule has 0 radical (unpaired) electrons. The molecule has 0 bridgehead atoms. The van der Waals surface area contributed by atoms with E-state index >= 15 is 0 Å². The van der Waals surface area contributed by atoms with Gasteiger partial charge in [-0.2, -0.15) is 13.2 Å². The van der Waals surface area contributed by atoms with Crippen LogP contribution in [0.15, 0.2) is 41.3 Å². The van der Waals surface area contributed by atoms with Crippen LogP contribution in [0.4, 0.5) is 34.8 Å². The highest BCUT2D eigenvalue weighted by Crippen LogP contribution is 2.38. The predicted molar refractivity (Wildman–Crippen MR) is 104 cm³/mol. The van der Waals surface area contributed by atoms with E-state index in [4.69, 9.17) is 0 Å². The number of fused-ring (bicyclic) bond motifs is 1. The van der Waals surface area contributed by atoms with Crippen LogP contribution in [0.3, 0.4) is 0 Å². The molecule has 0 atom stereocenters. The summed E-state index contributed by atoms with van der Waals surface area (Å²) in [6.07, 6.45) is -3.99. The van der Waals surface area contributed by atoms with Gasteiger partial charge >= 0.3 is 6.18 Å². The lowest BCUT2D eigenvalue weighted by Gasteiger charge is -2.38. The number of carbonyl (C=O) groups excluding carboxylic acids is 1. The molecule has 0 fully saturated rings. The number of hydrogen-bond donors (Lipinski definition) is 1. The first-order chi connectivity index (χ1) is 14.6. The van der Waals surface area contributed by atoms with Crippen LogP contribution >= 0.6 is 0 Å². The molecule has 160 valence electrons. The summed E-state index contributed by atoms with van der Waals surface area (Å²) in [6.45, 7) is 2.98. The SMILES string of the molecule is Cc1cc(F)ccc1N1CN(c2ccc(=O)[nH]c2C)C(=O)c2cnc(C(F)(F)F)nc21. The van der Waals surface area contributed by atoms with Crippen LogP contribution in [0.1, 0.15) is 27.4 Å². The normalized spacial score (nSPS) is 14.1. The number of aromatic nitrogens is 3. The fourth-order valence-electron chi connectivity index (χ4n) is 3.44. The average Bonchev–Trinajstić information content (AvgIpc) is 2.68. The van der Waals surface area contributed by atoms with E-state index < -0.39 is 23.7 Å². The quantitative estimate of drug-likeness (QED) is 0.624. The van der Waals surface area contributed by atoms with Crippen molar-refractivity contribution in [2.24, 2.45) is 0 Å². The molecule has 0 aliphatic carbocycles. The molecular weight excluding hydrogens is 418 g/mol. The van der Waals surface area contributed by atoms with Gasteiger partial charge in [-0.15, -0.1) is 0 Å². The summed E-state index contributed by atoms with van der Waals surface area (Å²) >= 11 is 0. The summed E-state index contributed by atoms with van der Waals surface area (Å²) < 4.78 is 53.3. The smallest absolute Gasteiger partial charge is 0.324 e. The van der Waals surface area contributed by atoms with Crippen LogP contribution in [0.5, 0.6) is 0 Å². The summed E-state index contributed by atoms with van der Waals surface area (Å²) in [5.74, 6) is -2.77. The highest BCUT2D eigenvalue weighted by Gasteiger charge is 2.39. The molecule has 3 heterocycles. The standard InChI is InChI=1S/C20H15F4N5O2/c1-10-7-12(21)3-4-14(10)28-9-29(15-5-6-16(30)26-11(15)2)18(31)13-8-25-19(20(22,23)24)27-17(13)28/h3-8H,9H2,1-2H3,(H,26,30). The van der Waals surface area contributed by atoms with Gasteiger partial charge in [0.25, 0.3) is 5.91 Å². The van der Waals surface area contributed by atoms with E-state index in [1.165, 1.54) is 40.1 Å². The van der Waals surface area contributed by atoms with Crippen molar-refractivity contribution in [3.63, 3.8) is 0 Å². The number of halogens is 4. The van der Waals surface area contributed by atoms with E-state index in [0.717, 1.165) is 6.20 Å². The number of rotatable bonds is 2. The molecule has 1 aromatic carbocycles. The first kappa shape index (κ1) is 20.5. The number of nitrogens with one attached hydrogen (secondary N) is 1. The van der Waals surface area contributed by atoms with Gasteiger partial charge in [0, 0.05) is 23.6 Å². The zero-order valence-corrected chi connectivity index (χ0v) is 16.3. The third kappa shape index (κ3) is 3.62. The lowest BCUT2D eigenvalue weighted by Crippen LogP contribution is -2.46. The fourth-order valence-corrected chi connectivity index (χ4v) is 3.44. The Bertz CT molecular complexity index is 1260. The molecule has 1 aliphatic rings. The van der Waals surface area contributed by atoms with Gasteiger partial charge in [-0.05, 0) is 43.7 Å². The zero-order chi connectivity index (χ0) is 22.5. The molecule has 1 aliphatic heterocycles. The van der Waals surface area contributed by atoms with Crippen LogP contribution in [0, 0.1) is 19.7 Å². The second-order valence-electron chi connectivity index (χ2n) is 6.99. The van der Waals surface area contributed by atoms with Crippen LogP contribution in [0.2, 0.25) is 0 Å². The van der Waals surface area contributed by atoms with Crippen molar-refractivity contribution in [2.45, 2.75) is 20.0 Å². The lowest BCUT2D eigenvalue weighted by atomic mass is 10.1. The van der Waals surface area contributed by atoms with Crippen molar-refractivity contribution in [1.82, 2.24) is 15.0 Å². The summed E-state index contributed by atoms with van der Waals surface area (Å²) in [5, 5.41) is 0. The Labute approximate surface area is 173 Å². The van der Waals surface area contributed by atoms with Crippen molar-refractivity contribution in [3.8, 4) is 0 Å². The maximum Gasteiger partial charge on any atom is 0.451 e. The number of alkyl halides is 3. The van der Waals surface area contributed by atoms with Gasteiger partial charge in [-0.25, -0.2) is 14.4 Å². The summed E-state index contributed by atoms with van der Waals surface area (Å²) in [7, 11) is 0. The molecule has 31 heavy (non-hydrogen) atoms. The van der Waals surface area contributed by atoms with E-state index in [-0.39, 0.29) is 23.6 Å². The van der Waals surface area contributed by atoms with E-state index in [1.807, 2.05) is 0 Å². The van der Waals surface area contributed by atoms with Crippen molar-refractivity contribution in [3.05, 3.63) is 75.3 Å². The molecule has 0 unspecified atom stereocenters. The Morgan fingerprint density at radius 3 is 2.39 bits per heavy atom. The number of benzene rings is 1. The van der Waals surface area contributed by atoms with Crippen molar-refractivity contribution < 1.29 is 22.4 Å². The van der Waals surface area contributed by atoms with Gasteiger partial charge in [0.15, 0.2) is 5.82 Å². The van der Waals surface area contributed by atoms with Gasteiger partial charge in [0.2, 0.25) is 11.4 Å². The summed E-state index contributed by atoms with van der Waals surface area (Å²) in [5.41, 5.74) is 1.04. The monoisotopic (exact) mass is 433 g/mol. The van der Waals surface area contributed by atoms with Gasteiger partial charge in [0.1, 0.15) is 18.0 Å². The average molecular weight is 433 g/mol. The lowest BCUT2D eigenvalue weighted by molar-refractivity contribution is -0.144. The molecule has 0 spiro atoms. The molecule has 1 N–H and O–H groups in total. The van der Waals surface area contributed by atoms with Crippen LogP contribution in [-0.4, -0.2) is 27.5 Å². The number of amides is 1. The second-order valence-corrected chi connectivity index (χ2v) is 6.99. The largest absolute Gasteiger partial charge is 0.451 e. The molecule has 0 saturated carbocycles. The third-order valence-electron chi connectivity index (χ3n) is 4.86. The number of nitrogens with zero attached hydrogens (tertiary/aromatic N) is 4. The summed E-state index contributed by atoms with van der Waals surface area (Å²) in [6, 6.07) is 6.48. The molecule has 1 amide bonds. The van der Waals surface area contributed by atoms with E-state index in [2.05, 4.69) is 15.0 Å². The number of aryl methyl sites for hydroxylation is 2. The molecule has 4 rings (SSSR count). The molecule has 0 saturated heterocycles. The van der Waals surface area contributed by atoms with Crippen molar-refractivity contribution in [1.29, 1.82) is 0 Å². The molecule has 2 aromatic heterocycles. The minimum Gasteiger partial charge on any atom is -0.324 e. The van der Waals surface area contributed by atoms with E-state index in [0.29, 0.717) is 22.6 Å². The number of hydrogen-bond acceptors (Lipinski definition) is 5. The number of H-pyrrole nitrogens is 1. The number of aromatic amines is 1. The second kappa shape index (κ2) is 7.18. The summed E-state index contributed by atoms with van der Waals surface area (Å²) in [4.78, 5) is 36.9. The molecule has 11 heteroatoms. The Morgan fingerprint density at radius 2 is 1.74 bits per heavy atom. The molecular formula is C20H15F4N5O2. The maximum atomic E-state index is 13.6. The van der Waals surface area contributed by atoms with Crippen molar-refractivity contribution in [2.75, 3.05) is 16.5 Å². The van der Waals surface area contributed by atoms with Gasteiger partial charge in [-0.1, -0.05) is 0 Å². The minimum absolute atomic E-state index is 0.159. The van der Waals surface area contributed by atoms with Crippen LogP contribution in [0.25, 0.3) is 0 Å². The number of anilines is 3. The Kier molecular flexibility index (Phi) is 4.75. The highest BCUT2D eigenvalue weighted by atomic mass is 19.4. The first-order valence-electron chi connectivity index (χ1n) is 9.06. The molecule has 3 aromatic rings.